The van der Waals surface area contributed by atoms with Crippen molar-refractivity contribution in [2.45, 2.75) is 39.5 Å². The first kappa shape index (κ1) is 9.95. The number of fused-ring (bicyclic) bond motifs is 3. The molecular formula is C15H19N. The highest BCUT2D eigenvalue weighted by molar-refractivity contribution is 5.85. The summed E-state index contributed by atoms with van der Waals surface area (Å²) < 4.78 is 0. The first-order valence-electron chi connectivity index (χ1n) is 6.38. The van der Waals surface area contributed by atoms with Crippen molar-refractivity contribution in [3.8, 4) is 0 Å². The molecule has 1 atom stereocenters. The van der Waals surface area contributed by atoms with Crippen molar-refractivity contribution in [2.75, 3.05) is 0 Å². The Morgan fingerprint density at radius 1 is 1.38 bits per heavy atom. The minimum Gasteiger partial charge on any atom is -0.358 e. The van der Waals surface area contributed by atoms with E-state index in [9.17, 15) is 0 Å². The second-order valence-electron chi connectivity index (χ2n) is 5.15. The molecule has 0 spiro atoms. The maximum absolute atomic E-state index is 3.59. The van der Waals surface area contributed by atoms with Gasteiger partial charge in [0, 0.05) is 16.6 Å². The van der Waals surface area contributed by atoms with Crippen molar-refractivity contribution in [1.82, 2.24) is 4.98 Å². The van der Waals surface area contributed by atoms with E-state index in [1.807, 2.05) is 0 Å². The normalized spacial score (nSPS) is 20.0. The zero-order valence-corrected chi connectivity index (χ0v) is 10.1. The number of nitrogens with one attached hydrogen (secondary N) is 1. The minimum atomic E-state index is 0.895. The molecule has 1 aliphatic carbocycles. The number of benzene rings is 1. The molecule has 1 aromatic heterocycles. The molecule has 0 fully saturated rings. The van der Waals surface area contributed by atoms with Gasteiger partial charge in [-0.2, -0.15) is 0 Å². The zero-order chi connectivity index (χ0) is 11.1. The summed E-state index contributed by atoms with van der Waals surface area (Å²) >= 11 is 0. The van der Waals surface area contributed by atoms with E-state index in [0.29, 0.717) is 0 Å². The molecule has 1 N–H and O–H groups in total. The lowest BCUT2D eigenvalue weighted by Gasteiger charge is -2.20. The highest BCUT2D eigenvalue weighted by Crippen LogP contribution is 2.33. The summed E-state index contributed by atoms with van der Waals surface area (Å²) in [4.78, 5) is 3.59. The van der Waals surface area contributed by atoms with Crippen LogP contribution in [0.15, 0.2) is 18.2 Å². The number of hydrogen-bond donors (Lipinski definition) is 1. The average Bonchev–Trinajstić information content (AvgIpc) is 2.66. The number of aromatic amines is 1. The van der Waals surface area contributed by atoms with E-state index >= 15 is 0 Å². The lowest BCUT2D eigenvalue weighted by molar-refractivity contribution is 0.444. The van der Waals surface area contributed by atoms with Crippen LogP contribution in [0.25, 0.3) is 10.9 Å². The Bertz CT molecular complexity index is 521. The third-order valence-electron chi connectivity index (χ3n) is 4.02. The zero-order valence-electron chi connectivity index (χ0n) is 10.1. The van der Waals surface area contributed by atoms with E-state index in [1.54, 1.807) is 5.56 Å². The predicted octanol–water partition coefficient (Wildman–Crippen LogP) is 3.99. The molecular weight excluding hydrogens is 194 g/mol. The number of aromatic nitrogens is 1. The number of aryl methyl sites for hydroxylation is 2. The topological polar surface area (TPSA) is 15.8 Å². The van der Waals surface area contributed by atoms with Gasteiger partial charge in [-0.05, 0) is 49.8 Å². The standard InChI is InChI=1S/C15H19N/c1-3-11-5-7-15-13(9-11)12-8-10(2)4-6-14(12)16-15/h4,6,8,11,16H,3,5,7,9H2,1-2H3. The summed E-state index contributed by atoms with van der Waals surface area (Å²) in [6.07, 6.45) is 5.18. The molecule has 3 rings (SSSR count). The fourth-order valence-corrected chi connectivity index (χ4v) is 2.95. The Balaban J connectivity index is 2.15. The highest BCUT2D eigenvalue weighted by atomic mass is 14.7. The van der Waals surface area contributed by atoms with E-state index in [2.05, 4.69) is 37.0 Å². The third kappa shape index (κ3) is 1.46. The first-order chi connectivity index (χ1) is 7.78. The van der Waals surface area contributed by atoms with Crippen molar-refractivity contribution in [1.29, 1.82) is 0 Å². The van der Waals surface area contributed by atoms with E-state index in [1.165, 1.54) is 47.8 Å². The molecule has 0 aliphatic heterocycles. The van der Waals surface area contributed by atoms with Crippen LogP contribution in [-0.2, 0) is 12.8 Å². The summed E-state index contributed by atoms with van der Waals surface area (Å²) in [6, 6.07) is 6.76. The van der Waals surface area contributed by atoms with Crippen molar-refractivity contribution in [3.63, 3.8) is 0 Å². The van der Waals surface area contributed by atoms with E-state index in [0.717, 1.165) is 5.92 Å². The molecule has 0 radical (unpaired) electrons. The van der Waals surface area contributed by atoms with Crippen LogP contribution >= 0.6 is 0 Å². The second-order valence-corrected chi connectivity index (χ2v) is 5.15. The summed E-state index contributed by atoms with van der Waals surface area (Å²) in [5, 5.41) is 1.47. The average molecular weight is 213 g/mol. The number of H-pyrrole nitrogens is 1. The number of hydrogen-bond acceptors (Lipinski definition) is 0. The summed E-state index contributed by atoms with van der Waals surface area (Å²) in [7, 11) is 0. The molecule has 1 unspecified atom stereocenters. The van der Waals surface area contributed by atoms with Gasteiger partial charge in [0.15, 0.2) is 0 Å². The van der Waals surface area contributed by atoms with Gasteiger partial charge >= 0.3 is 0 Å². The predicted molar refractivity (Wildman–Crippen MR) is 68.8 cm³/mol. The second kappa shape index (κ2) is 3.65. The van der Waals surface area contributed by atoms with Gasteiger partial charge in [0.25, 0.3) is 0 Å². The van der Waals surface area contributed by atoms with Gasteiger partial charge in [0.05, 0.1) is 0 Å². The third-order valence-corrected chi connectivity index (χ3v) is 4.02. The van der Waals surface area contributed by atoms with Gasteiger partial charge in [-0.1, -0.05) is 25.0 Å². The van der Waals surface area contributed by atoms with Gasteiger partial charge < -0.3 is 4.98 Å². The Morgan fingerprint density at radius 3 is 3.06 bits per heavy atom. The molecule has 1 heterocycles. The van der Waals surface area contributed by atoms with Crippen molar-refractivity contribution >= 4 is 10.9 Å². The van der Waals surface area contributed by atoms with E-state index < -0.39 is 0 Å². The molecule has 16 heavy (non-hydrogen) atoms. The summed E-state index contributed by atoms with van der Waals surface area (Å²) in [5.74, 6) is 0.895. The minimum absolute atomic E-state index is 0.895. The summed E-state index contributed by atoms with van der Waals surface area (Å²) in [6.45, 7) is 4.49. The van der Waals surface area contributed by atoms with Crippen LogP contribution in [0.5, 0.6) is 0 Å². The molecule has 0 bridgehead atoms. The van der Waals surface area contributed by atoms with E-state index in [4.69, 9.17) is 0 Å². The Morgan fingerprint density at radius 2 is 2.25 bits per heavy atom. The molecule has 84 valence electrons. The van der Waals surface area contributed by atoms with Crippen LogP contribution in [0.3, 0.4) is 0 Å². The number of rotatable bonds is 1. The van der Waals surface area contributed by atoms with Crippen LogP contribution in [0, 0.1) is 12.8 Å². The molecule has 1 heteroatoms. The molecule has 1 aromatic carbocycles. The lowest BCUT2D eigenvalue weighted by Crippen LogP contribution is -2.12. The van der Waals surface area contributed by atoms with Crippen LogP contribution in [0.2, 0.25) is 0 Å². The van der Waals surface area contributed by atoms with Crippen molar-refractivity contribution in [3.05, 3.63) is 35.0 Å². The largest absolute Gasteiger partial charge is 0.358 e. The van der Waals surface area contributed by atoms with Gasteiger partial charge in [0.1, 0.15) is 0 Å². The Labute approximate surface area is 96.9 Å². The molecule has 2 aromatic rings. The fraction of sp³-hybridized carbons (Fsp3) is 0.467. The van der Waals surface area contributed by atoms with Gasteiger partial charge in [-0.15, -0.1) is 0 Å². The Kier molecular flexibility index (Phi) is 2.27. The quantitative estimate of drug-likeness (QED) is 0.737. The van der Waals surface area contributed by atoms with Crippen molar-refractivity contribution < 1.29 is 0 Å². The van der Waals surface area contributed by atoms with Gasteiger partial charge in [-0.3, -0.25) is 0 Å². The molecule has 0 amide bonds. The van der Waals surface area contributed by atoms with Crippen molar-refractivity contribution in [2.24, 2.45) is 5.92 Å². The van der Waals surface area contributed by atoms with Crippen LogP contribution in [0.4, 0.5) is 0 Å². The molecule has 0 saturated heterocycles. The maximum atomic E-state index is 3.59. The molecule has 0 saturated carbocycles. The monoisotopic (exact) mass is 213 g/mol. The molecule has 1 aliphatic rings. The first-order valence-corrected chi connectivity index (χ1v) is 6.38. The van der Waals surface area contributed by atoms with Crippen LogP contribution < -0.4 is 0 Å². The van der Waals surface area contributed by atoms with Crippen LogP contribution in [-0.4, -0.2) is 4.98 Å². The molecule has 1 nitrogen and oxygen atoms in total. The lowest BCUT2D eigenvalue weighted by atomic mass is 9.85. The smallest absolute Gasteiger partial charge is 0.0459 e. The van der Waals surface area contributed by atoms with E-state index in [-0.39, 0.29) is 0 Å². The van der Waals surface area contributed by atoms with Gasteiger partial charge in [-0.25, -0.2) is 0 Å². The maximum Gasteiger partial charge on any atom is 0.0459 e. The summed E-state index contributed by atoms with van der Waals surface area (Å²) in [5.41, 5.74) is 5.78. The highest BCUT2D eigenvalue weighted by Gasteiger charge is 2.21. The SMILES string of the molecule is CCC1CCc2[nH]c3ccc(C)cc3c2C1. The van der Waals surface area contributed by atoms with Gasteiger partial charge in [0.2, 0.25) is 0 Å². The Hall–Kier alpha value is -1.24. The fourth-order valence-electron chi connectivity index (χ4n) is 2.95. The van der Waals surface area contributed by atoms with Crippen LogP contribution in [0.1, 0.15) is 36.6 Å².